The molecule has 0 spiro atoms. The Labute approximate surface area is 117 Å². The molecule has 6 nitrogen and oxygen atoms in total. The Morgan fingerprint density at radius 2 is 2.05 bits per heavy atom. The van der Waals surface area contributed by atoms with Crippen molar-refractivity contribution in [2.24, 2.45) is 16.3 Å². The number of amidine groups is 1. The van der Waals surface area contributed by atoms with Crippen LogP contribution in [0, 0.1) is 12.3 Å². The number of ether oxygens (including phenoxy) is 1. The Morgan fingerprint density at radius 3 is 2.65 bits per heavy atom. The topological polar surface area (TPSA) is 96.9 Å². The van der Waals surface area contributed by atoms with E-state index < -0.39 is 5.41 Å². The maximum absolute atomic E-state index is 12.6. The van der Waals surface area contributed by atoms with Crippen molar-refractivity contribution >= 4 is 17.4 Å². The molecular weight excluding hydrogens is 258 g/mol. The lowest BCUT2D eigenvalue weighted by Gasteiger charge is -2.34. The summed E-state index contributed by atoms with van der Waals surface area (Å²) in [7, 11) is 0. The van der Waals surface area contributed by atoms with Crippen LogP contribution in [-0.4, -0.2) is 30.2 Å². The van der Waals surface area contributed by atoms with Crippen molar-refractivity contribution < 1.29 is 14.7 Å². The summed E-state index contributed by atoms with van der Waals surface area (Å²) < 4.78 is 5.27. The molecule has 0 bridgehead atoms. The van der Waals surface area contributed by atoms with Gasteiger partial charge in [0.05, 0.1) is 0 Å². The summed E-state index contributed by atoms with van der Waals surface area (Å²) in [5.41, 5.74) is 6.45. The summed E-state index contributed by atoms with van der Waals surface area (Å²) in [6, 6.07) is 7.49. The Hall–Kier alpha value is -2.08. The molecule has 1 aliphatic rings. The van der Waals surface area contributed by atoms with Crippen molar-refractivity contribution in [3.8, 4) is 0 Å². The third-order valence-corrected chi connectivity index (χ3v) is 3.77. The van der Waals surface area contributed by atoms with E-state index in [2.05, 4.69) is 10.5 Å². The molecule has 108 valence electrons. The molecule has 0 unspecified atom stereocenters. The highest BCUT2D eigenvalue weighted by molar-refractivity contribution is 6.12. The number of nitrogens with zero attached hydrogens (tertiary/aromatic N) is 1. The van der Waals surface area contributed by atoms with E-state index in [1.807, 2.05) is 31.2 Å². The van der Waals surface area contributed by atoms with Gasteiger partial charge in [0.15, 0.2) is 5.84 Å². The molecule has 1 aromatic carbocycles. The molecular formula is C14H19N3O3. The second kappa shape index (κ2) is 5.92. The van der Waals surface area contributed by atoms with Crippen molar-refractivity contribution in [1.82, 2.24) is 0 Å². The minimum atomic E-state index is -1.00. The third kappa shape index (κ3) is 2.60. The van der Waals surface area contributed by atoms with E-state index in [0.29, 0.717) is 26.1 Å². The van der Waals surface area contributed by atoms with E-state index in [1.54, 1.807) is 0 Å². The van der Waals surface area contributed by atoms with Gasteiger partial charge >= 0.3 is 0 Å². The van der Waals surface area contributed by atoms with Crippen molar-refractivity contribution in [1.29, 1.82) is 0 Å². The van der Waals surface area contributed by atoms with E-state index in [4.69, 9.17) is 15.7 Å². The number of amides is 1. The Bertz CT molecular complexity index is 522. The molecule has 4 N–H and O–H groups in total. The Morgan fingerprint density at radius 1 is 1.40 bits per heavy atom. The molecule has 20 heavy (non-hydrogen) atoms. The molecule has 0 radical (unpaired) electrons. The van der Waals surface area contributed by atoms with Crippen molar-refractivity contribution in [2.75, 3.05) is 18.5 Å². The van der Waals surface area contributed by atoms with Gasteiger partial charge in [-0.1, -0.05) is 23.4 Å². The number of para-hydroxylation sites is 1. The van der Waals surface area contributed by atoms with Crippen LogP contribution in [0.4, 0.5) is 5.69 Å². The number of oxime groups is 1. The minimum Gasteiger partial charge on any atom is -0.409 e. The molecule has 0 aromatic heterocycles. The van der Waals surface area contributed by atoms with Gasteiger partial charge in [0.25, 0.3) is 0 Å². The number of carbonyl (C=O) groups is 1. The fourth-order valence-electron chi connectivity index (χ4n) is 2.37. The van der Waals surface area contributed by atoms with Crippen LogP contribution in [0.3, 0.4) is 0 Å². The number of hydrogen-bond donors (Lipinski definition) is 3. The van der Waals surface area contributed by atoms with Gasteiger partial charge in [0.1, 0.15) is 5.41 Å². The molecule has 0 atom stereocenters. The average molecular weight is 277 g/mol. The van der Waals surface area contributed by atoms with Gasteiger partial charge in [-0.25, -0.2) is 0 Å². The molecule has 1 fully saturated rings. The maximum Gasteiger partial charge on any atom is 0.238 e. The monoisotopic (exact) mass is 277 g/mol. The van der Waals surface area contributed by atoms with Crippen LogP contribution in [0.25, 0.3) is 0 Å². The quantitative estimate of drug-likeness (QED) is 0.337. The third-order valence-electron chi connectivity index (χ3n) is 3.77. The molecule has 0 saturated carbocycles. The molecule has 0 aliphatic carbocycles. The molecule has 1 heterocycles. The second-order valence-electron chi connectivity index (χ2n) is 4.95. The normalized spacial score (nSPS) is 18.6. The van der Waals surface area contributed by atoms with Gasteiger partial charge in [-0.2, -0.15) is 0 Å². The summed E-state index contributed by atoms with van der Waals surface area (Å²) in [4.78, 5) is 12.6. The van der Waals surface area contributed by atoms with E-state index >= 15 is 0 Å². The number of hydrogen-bond acceptors (Lipinski definition) is 4. The standard InChI is InChI=1S/C14H19N3O3/c1-10-4-2-3-5-11(10)16-13(18)14(12(15)17-19)6-8-20-9-7-14/h2-5,19H,6-9H2,1H3,(H2,15,17)(H,16,18). The highest BCUT2D eigenvalue weighted by Gasteiger charge is 2.44. The van der Waals surface area contributed by atoms with Gasteiger partial charge < -0.3 is 21.0 Å². The van der Waals surface area contributed by atoms with Crippen LogP contribution < -0.4 is 11.1 Å². The zero-order valence-corrected chi connectivity index (χ0v) is 11.4. The minimum absolute atomic E-state index is 0.0631. The first kappa shape index (κ1) is 14.3. The Kier molecular flexibility index (Phi) is 4.24. The number of nitrogens with two attached hydrogens (primary N) is 1. The van der Waals surface area contributed by atoms with Crippen LogP contribution in [0.1, 0.15) is 18.4 Å². The van der Waals surface area contributed by atoms with E-state index in [-0.39, 0.29) is 11.7 Å². The first-order valence-electron chi connectivity index (χ1n) is 6.53. The predicted molar refractivity (Wildman–Crippen MR) is 75.7 cm³/mol. The number of benzene rings is 1. The average Bonchev–Trinajstić information content (AvgIpc) is 2.49. The first-order valence-corrected chi connectivity index (χ1v) is 6.53. The number of carbonyl (C=O) groups excluding carboxylic acids is 1. The largest absolute Gasteiger partial charge is 0.409 e. The van der Waals surface area contributed by atoms with Gasteiger partial charge in [0.2, 0.25) is 5.91 Å². The summed E-state index contributed by atoms with van der Waals surface area (Å²) in [6.07, 6.45) is 0.807. The van der Waals surface area contributed by atoms with Gasteiger partial charge in [-0.05, 0) is 31.4 Å². The number of aryl methyl sites for hydroxylation is 1. The molecule has 1 amide bonds. The lowest BCUT2D eigenvalue weighted by Crippen LogP contribution is -2.50. The van der Waals surface area contributed by atoms with E-state index in [9.17, 15) is 4.79 Å². The van der Waals surface area contributed by atoms with E-state index in [1.165, 1.54) is 0 Å². The summed E-state index contributed by atoms with van der Waals surface area (Å²) in [6.45, 7) is 2.74. The first-order chi connectivity index (χ1) is 9.60. The van der Waals surface area contributed by atoms with Gasteiger partial charge in [-0.15, -0.1) is 0 Å². The van der Waals surface area contributed by atoms with Crippen molar-refractivity contribution in [2.45, 2.75) is 19.8 Å². The van der Waals surface area contributed by atoms with E-state index in [0.717, 1.165) is 11.3 Å². The van der Waals surface area contributed by atoms with Gasteiger partial charge in [-0.3, -0.25) is 4.79 Å². The van der Waals surface area contributed by atoms with Crippen LogP contribution in [-0.2, 0) is 9.53 Å². The highest BCUT2D eigenvalue weighted by atomic mass is 16.5. The fourth-order valence-corrected chi connectivity index (χ4v) is 2.37. The second-order valence-corrected chi connectivity index (χ2v) is 4.95. The lowest BCUT2D eigenvalue weighted by molar-refractivity contribution is -0.126. The number of rotatable bonds is 3. The molecule has 1 saturated heterocycles. The smallest absolute Gasteiger partial charge is 0.238 e. The fraction of sp³-hybridized carbons (Fsp3) is 0.429. The van der Waals surface area contributed by atoms with Crippen LogP contribution in [0.15, 0.2) is 29.4 Å². The van der Waals surface area contributed by atoms with Crippen LogP contribution in [0.2, 0.25) is 0 Å². The molecule has 6 heteroatoms. The molecule has 1 aromatic rings. The SMILES string of the molecule is Cc1ccccc1NC(=O)C1(C(N)=NO)CCOCC1. The maximum atomic E-state index is 12.6. The van der Waals surface area contributed by atoms with Crippen molar-refractivity contribution in [3.05, 3.63) is 29.8 Å². The number of anilines is 1. The highest BCUT2D eigenvalue weighted by Crippen LogP contribution is 2.32. The summed E-state index contributed by atoms with van der Waals surface area (Å²) in [5.74, 6) is -0.322. The van der Waals surface area contributed by atoms with Crippen LogP contribution >= 0.6 is 0 Å². The summed E-state index contributed by atoms with van der Waals surface area (Å²) in [5, 5.41) is 14.9. The zero-order valence-electron chi connectivity index (χ0n) is 11.4. The van der Waals surface area contributed by atoms with Gasteiger partial charge in [0, 0.05) is 18.9 Å². The summed E-state index contributed by atoms with van der Waals surface area (Å²) >= 11 is 0. The lowest BCUT2D eigenvalue weighted by atomic mass is 9.78. The molecule has 1 aliphatic heterocycles. The Balaban J connectivity index is 2.26. The zero-order chi connectivity index (χ0) is 14.6. The number of nitrogens with one attached hydrogen (secondary N) is 1. The van der Waals surface area contributed by atoms with Crippen LogP contribution in [0.5, 0.6) is 0 Å². The predicted octanol–water partition coefficient (Wildman–Crippen LogP) is 1.48. The van der Waals surface area contributed by atoms with Crippen molar-refractivity contribution in [3.63, 3.8) is 0 Å². The molecule has 2 rings (SSSR count).